The van der Waals surface area contributed by atoms with Gasteiger partial charge in [-0.3, -0.25) is 9.69 Å². The van der Waals surface area contributed by atoms with Gasteiger partial charge >= 0.3 is 6.03 Å². The van der Waals surface area contributed by atoms with Crippen molar-refractivity contribution < 1.29 is 14.0 Å². The van der Waals surface area contributed by atoms with E-state index in [1.807, 2.05) is 6.92 Å². The molecule has 1 heterocycles. The molecule has 1 fully saturated rings. The summed E-state index contributed by atoms with van der Waals surface area (Å²) in [6, 6.07) is 5.59. The molecule has 0 aromatic heterocycles. The van der Waals surface area contributed by atoms with Crippen molar-refractivity contribution in [3.05, 3.63) is 35.6 Å². The fraction of sp³-hybridized carbons (Fsp3) is 0.556. The van der Waals surface area contributed by atoms with Crippen molar-refractivity contribution in [1.82, 2.24) is 20.4 Å². The molecule has 0 bridgehead atoms. The summed E-state index contributed by atoms with van der Waals surface area (Å²) in [6.07, 6.45) is 1.39. The van der Waals surface area contributed by atoms with E-state index in [0.717, 1.165) is 0 Å². The third kappa shape index (κ3) is 4.92. The lowest BCUT2D eigenvalue weighted by molar-refractivity contribution is -0.126. The van der Waals surface area contributed by atoms with Crippen molar-refractivity contribution in [3.63, 3.8) is 0 Å². The fourth-order valence-corrected chi connectivity index (χ4v) is 3.12. The molecule has 0 radical (unpaired) electrons. The van der Waals surface area contributed by atoms with Gasteiger partial charge in [0.15, 0.2) is 0 Å². The molecule has 2 rings (SSSR count). The SMILES string of the molecule is CCNC(=O)N1CCC(NC(=O)[C@@H](c2ccccc2F)N(C)C)CC1. The van der Waals surface area contributed by atoms with Gasteiger partial charge in [0.1, 0.15) is 11.9 Å². The minimum Gasteiger partial charge on any atom is -0.352 e. The molecule has 1 aromatic carbocycles. The molecule has 1 saturated heterocycles. The van der Waals surface area contributed by atoms with Crippen molar-refractivity contribution in [1.29, 1.82) is 0 Å². The molecule has 0 saturated carbocycles. The first-order valence-corrected chi connectivity index (χ1v) is 8.68. The fourth-order valence-electron chi connectivity index (χ4n) is 3.12. The van der Waals surface area contributed by atoms with Crippen molar-refractivity contribution in [2.45, 2.75) is 31.8 Å². The second kappa shape index (κ2) is 8.80. The van der Waals surface area contributed by atoms with Crippen LogP contribution >= 0.6 is 0 Å². The highest BCUT2D eigenvalue weighted by Crippen LogP contribution is 2.22. The highest BCUT2D eigenvalue weighted by atomic mass is 19.1. The number of amides is 3. The maximum Gasteiger partial charge on any atom is 0.317 e. The Hall–Kier alpha value is -2.15. The predicted octanol–water partition coefficient (Wildman–Crippen LogP) is 1.74. The van der Waals surface area contributed by atoms with Crippen LogP contribution in [0, 0.1) is 5.82 Å². The molecule has 1 aliphatic heterocycles. The molecular weight excluding hydrogens is 323 g/mol. The molecule has 0 aliphatic carbocycles. The molecule has 3 amide bonds. The first kappa shape index (κ1) is 19.2. The Morgan fingerprint density at radius 3 is 2.48 bits per heavy atom. The number of hydrogen-bond acceptors (Lipinski definition) is 3. The van der Waals surface area contributed by atoms with E-state index in [1.165, 1.54) is 6.07 Å². The summed E-state index contributed by atoms with van der Waals surface area (Å²) in [5.41, 5.74) is 0.366. The number of nitrogens with one attached hydrogen (secondary N) is 2. The van der Waals surface area contributed by atoms with Crippen molar-refractivity contribution in [3.8, 4) is 0 Å². The summed E-state index contributed by atoms with van der Waals surface area (Å²) in [4.78, 5) is 28.0. The lowest BCUT2D eigenvalue weighted by Gasteiger charge is -2.34. The Morgan fingerprint density at radius 2 is 1.92 bits per heavy atom. The van der Waals surface area contributed by atoms with E-state index in [1.54, 1.807) is 42.1 Å². The van der Waals surface area contributed by atoms with Crippen LogP contribution in [0.25, 0.3) is 0 Å². The van der Waals surface area contributed by atoms with Crippen LogP contribution in [0.3, 0.4) is 0 Å². The van der Waals surface area contributed by atoms with Crippen LogP contribution in [0.1, 0.15) is 31.4 Å². The first-order chi connectivity index (χ1) is 11.9. The van der Waals surface area contributed by atoms with Gasteiger partial charge in [-0.25, -0.2) is 9.18 Å². The number of piperidine rings is 1. The van der Waals surface area contributed by atoms with Crippen molar-refractivity contribution >= 4 is 11.9 Å². The highest BCUT2D eigenvalue weighted by molar-refractivity contribution is 5.83. The van der Waals surface area contributed by atoms with E-state index < -0.39 is 6.04 Å². The van der Waals surface area contributed by atoms with Gasteiger partial charge in [0.05, 0.1) is 0 Å². The van der Waals surface area contributed by atoms with E-state index >= 15 is 0 Å². The maximum atomic E-state index is 14.1. The monoisotopic (exact) mass is 350 g/mol. The largest absolute Gasteiger partial charge is 0.352 e. The van der Waals surface area contributed by atoms with Gasteiger partial charge in [-0.15, -0.1) is 0 Å². The van der Waals surface area contributed by atoms with Crippen LogP contribution in [0.4, 0.5) is 9.18 Å². The number of nitrogens with zero attached hydrogens (tertiary/aromatic N) is 2. The van der Waals surface area contributed by atoms with E-state index in [0.29, 0.717) is 38.0 Å². The summed E-state index contributed by atoms with van der Waals surface area (Å²) in [7, 11) is 3.52. The molecule has 7 heteroatoms. The van der Waals surface area contributed by atoms with Crippen molar-refractivity contribution in [2.75, 3.05) is 33.7 Å². The standard InChI is InChI=1S/C18H27FN4O2/c1-4-20-18(25)23-11-9-13(10-12-23)21-17(24)16(22(2)3)14-7-5-6-8-15(14)19/h5-8,13,16H,4,9-12H2,1-3H3,(H,20,25)(H,21,24)/t16-/m1/s1. The first-order valence-electron chi connectivity index (χ1n) is 8.68. The smallest absolute Gasteiger partial charge is 0.317 e. The molecule has 0 unspecified atom stereocenters. The molecule has 1 aromatic rings. The van der Waals surface area contributed by atoms with Crippen LogP contribution in [0.5, 0.6) is 0 Å². The van der Waals surface area contributed by atoms with Crippen LogP contribution < -0.4 is 10.6 Å². The Labute approximate surface area is 148 Å². The number of likely N-dealkylation sites (tertiary alicyclic amines) is 1. The zero-order valence-electron chi connectivity index (χ0n) is 15.1. The number of rotatable bonds is 5. The second-order valence-electron chi connectivity index (χ2n) is 6.49. The zero-order valence-corrected chi connectivity index (χ0v) is 15.1. The average molecular weight is 350 g/mol. The average Bonchev–Trinajstić information content (AvgIpc) is 2.57. The minimum atomic E-state index is -0.678. The Bertz CT molecular complexity index is 600. The van der Waals surface area contributed by atoms with E-state index in [9.17, 15) is 14.0 Å². The lowest BCUT2D eigenvalue weighted by Crippen LogP contribution is -2.51. The zero-order chi connectivity index (χ0) is 18.4. The van der Waals surface area contributed by atoms with Crippen LogP contribution in [-0.4, -0.2) is 61.5 Å². The number of carbonyl (C=O) groups excluding carboxylic acids is 2. The molecule has 138 valence electrons. The Morgan fingerprint density at radius 1 is 1.28 bits per heavy atom. The van der Waals surface area contributed by atoms with Crippen LogP contribution in [-0.2, 0) is 4.79 Å². The predicted molar refractivity (Wildman–Crippen MR) is 94.6 cm³/mol. The molecule has 1 aliphatic rings. The van der Waals surface area contributed by atoms with Crippen LogP contribution in [0.15, 0.2) is 24.3 Å². The van der Waals surface area contributed by atoms with Gasteiger partial charge in [-0.1, -0.05) is 18.2 Å². The topological polar surface area (TPSA) is 64.7 Å². The molecule has 25 heavy (non-hydrogen) atoms. The normalized spacial score (nSPS) is 16.6. The molecule has 2 N–H and O–H groups in total. The quantitative estimate of drug-likeness (QED) is 0.850. The summed E-state index contributed by atoms with van der Waals surface area (Å²) in [6.45, 7) is 3.68. The van der Waals surface area contributed by atoms with Gasteiger partial charge in [0.2, 0.25) is 5.91 Å². The molecular formula is C18H27FN4O2. The summed E-state index contributed by atoms with van der Waals surface area (Å²) in [5.74, 6) is -0.603. The van der Waals surface area contributed by atoms with Gasteiger partial charge in [-0.05, 0) is 39.9 Å². The summed E-state index contributed by atoms with van der Waals surface area (Å²) < 4.78 is 14.1. The van der Waals surface area contributed by atoms with Gasteiger partial charge in [0.25, 0.3) is 0 Å². The Kier molecular flexibility index (Phi) is 6.75. The number of benzene rings is 1. The molecule has 6 nitrogen and oxygen atoms in total. The lowest BCUT2D eigenvalue weighted by atomic mass is 10.0. The number of hydrogen-bond donors (Lipinski definition) is 2. The Balaban J connectivity index is 1.97. The number of urea groups is 1. The van der Waals surface area contributed by atoms with Gasteiger partial charge in [0, 0.05) is 31.2 Å². The van der Waals surface area contributed by atoms with E-state index in [4.69, 9.17) is 0 Å². The summed E-state index contributed by atoms with van der Waals surface area (Å²) in [5, 5.41) is 5.79. The minimum absolute atomic E-state index is 0.00704. The van der Waals surface area contributed by atoms with E-state index in [-0.39, 0.29) is 23.8 Å². The maximum absolute atomic E-state index is 14.1. The molecule has 1 atom stereocenters. The number of likely N-dealkylation sites (N-methyl/N-ethyl adjacent to an activating group) is 1. The van der Waals surface area contributed by atoms with E-state index in [2.05, 4.69) is 10.6 Å². The van der Waals surface area contributed by atoms with Crippen LogP contribution in [0.2, 0.25) is 0 Å². The molecule has 0 spiro atoms. The third-order valence-electron chi connectivity index (χ3n) is 4.42. The number of halogens is 1. The second-order valence-corrected chi connectivity index (χ2v) is 6.49. The highest BCUT2D eigenvalue weighted by Gasteiger charge is 2.29. The summed E-state index contributed by atoms with van der Waals surface area (Å²) >= 11 is 0. The van der Waals surface area contributed by atoms with Gasteiger partial charge < -0.3 is 15.5 Å². The van der Waals surface area contributed by atoms with Crippen molar-refractivity contribution in [2.24, 2.45) is 0 Å². The van der Waals surface area contributed by atoms with Gasteiger partial charge in [-0.2, -0.15) is 0 Å². The third-order valence-corrected chi connectivity index (χ3v) is 4.42. The number of carbonyl (C=O) groups is 2.